The van der Waals surface area contributed by atoms with Gasteiger partial charge in [0.15, 0.2) is 0 Å². The van der Waals surface area contributed by atoms with Crippen molar-refractivity contribution < 1.29 is 19.1 Å². The van der Waals surface area contributed by atoms with E-state index in [1.807, 2.05) is 0 Å². The largest absolute Gasteiger partial charge is 0.475 e. The molecule has 0 spiro atoms. The molecule has 0 bridgehead atoms. The lowest BCUT2D eigenvalue weighted by molar-refractivity contribution is 0.0634. The molecule has 0 radical (unpaired) electrons. The van der Waals surface area contributed by atoms with Crippen LogP contribution in [0.25, 0.3) is 11.0 Å². The summed E-state index contributed by atoms with van der Waals surface area (Å²) in [6.45, 7) is 0.237. The maximum atomic E-state index is 13.3. The third-order valence-corrected chi connectivity index (χ3v) is 5.64. The molecule has 1 saturated carbocycles. The van der Waals surface area contributed by atoms with Crippen molar-refractivity contribution >= 4 is 34.5 Å². The first-order chi connectivity index (χ1) is 13.4. The minimum atomic E-state index is -1.12. The van der Waals surface area contributed by atoms with Crippen LogP contribution in [0.4, 0.5) is 0 Å². The average Bonchev–Trinajstić information content (AvgIpc) is 3.41. The summed E-state index contributed by atoms with van der Waals surface area (Å²) in [5.41, 5.74) is 2.06. The van der Waals surface area contributed by atoms with Crippen LogP contribution >= 0.6 is 11.6 Å². The van der Waals surface area contributed by atoms with Crippen LogP contribution in [0.15, 0.2) is 34.7 Å². The van der Waals surface area contributed by atoms with Crippen molar-refractivity contribution in [1.29, 1.82) is 0 Å². The van der Waals surface area contributed by atoms with Gasteiger partial charge in [0.05, 0.1) is 17.6 Å². The van der Waals surface area contributed by atoms with Gasteiger partial charge in [0, 0.05) is 18.7 Å². The van der Waals surface area contributed by atoms with Crippen LogP contribution in [-0.4, -0.2) is 37.5 Å². The lowest BCUT2D eigenvalue weighted by Gasteiger charge is -2.28. The predicted octanol–water partition coefficient (Wildman–Crippen LogP) is 4.10. The highest BCUT2D eigenvalue weighted by Gasteiger charge is 2.29. The fraction of sp³-hybridized carbons (Fsp3) is 0.350. The fourth-order valence-corrected chi connectivity index (χ4v) is 3.97. The Hall–Kier alpha value is -2.80. The molecule has 0 aliphatic heterocycles. The molecule has 1 amide bonds. The standard InChI is InChI=1S/C20H20ClN3O4/c1-23-16-10-12(6-8-15(16)22-20(23)21)18(25)24(13-4-2-3-5-13)11-14-7-9-17(28-14)19(26)27/h6-10,13H,2-5,11H2,1H3,(H,26,27). The van der Waals surface area contributed by atoms with E-state index in [9.17, 15) is 9.59 Å². The number of carboxylic acid groups (broad SMARTS) is 1. The van der Waals surface area contributed by atoms with E-state index in [0.717, 1.165) is 36.7 Å². The van der Waals surface area contributed by atoms with Crippen LogP contribution in [0.5, 0.6) is 0 Å². The molecule has 1 fully saturated rings. The van der Waals surface area contributed by atoms with Crippen LogP contribution in [-0.2, 0) is 13.6 Å². The Balaban J connectivity index is 1.66. The minimum Gasteiger partial charge on any atom is -0.475 e. The summed E-state index contributed by atoms with van der Waals surface area (Å²) in [6, 6.07) is 8.47. The topological polar surface area (TPSA) is 88.6 Å². The molecule has 2 aromatic heterocycles. The molecule has 7 nitrogen and oxygen atoms in total. The Kier molecular flexibility index (Phi) is 4.85. The number of nitrogens with zero attached hydrogens (tertiary/aromatic N) is 3. The third-order valence-electron chi connectivity index (χ3n) is 5.30. The Morgan fingerprint density at radius 1 is 1.29 bits per heavy atom. The highest BCUT2D eigenvalue weighted by molar-refractivity contribution is 6.29. The Morgan fingerprint density at radius 3 is 2.71 bits per heavy atom. The number of aromatic nitrogens is 2. The molecule has 146 valence electrons. The number of aryl methyl sites for hydroxylation is 1. The van der Waals surface area contributed by atoms with Gasteiger partial charge in [-0.15, -0.1) is 0 Å². The lowest BCUT2D eigenvalue weighted by Crippen LogP contribution is -2.38. The number of furan rings is 1. The number of halogens is 1. The number of hydrogen-bond acceptors (Lipinski definition) is 4. The Morgan fingerprint density at radius 2 is 2.04 bits per heavy atom. The fourth-order valence-electron chi connectivity index (χ4n) is 3.79. The average molecular weight is 402 g/mol. The first-order valence-electron chi connectivity index (χ1n) is 9.19. The van der Waals surface area contributed by atoms with Crippen molar-refractivity contribution in [3.8, 4) is 0 Å². The highest BCUT2D eigenvalue weighted by atomic mass is 35.5. The summed E-state index contributed by atoms with van der Waals surface area (Å²) >= 11 is 6.08. The van der Waals surface area contributed by atoms with Gasteiger partial charge in [-0.25, -0.2) is 9.78 Å². The van der Waals surface area contributed by atoms with Gasteiger partial charge in [-0.1, -0.05) is 12.8 Å². The normalized spacial score (nSPS) is 14.6. The number of amides is 1. The van der Waals surface area contributed by atoms with E-state index in [2.05, 4.69) is 4.98 Å². The number of imidazole rings is 1. The predicted molar refractivity (Wildman–Crippen MR) is 104 cm³/mol. The first-order valence-corrected chi connectivity index (χ1v) is 9.57. The van der Waals surface area contributed by atoms with Gasteiger partial charge in [0.2, 0.25) is 11.0 Å². The molecule has 4 rings (SSSR count). The van der Waals surface area contributed by atoms with E-state index in [4.69, 9.17) is 21.1 Å². The summed E-state index contributed by atoms with van der Waals surface area (Å²) in [5, 5.41) is 9.43. The third kappa shape index (κ3) is 3.38. The molecule has 3 aromatic rings. The van der Waals surface area contributed by atoms with E-state index in [0.29, 0.717) is 16.6 Å². The van der Waals surface area contributed by atoms with Gasteiger partial charge in [-0.3, -0.25) is 4.79 Å². The molecule has 0 saturated heterocycles. The van der Waals surface area contributed by atoms with Crippen molar-refractivity contribution in [3.05, 3.63) is 52.7 Å². The molecule has 0 unspecified atom stereocenters. The molecular weight excluding hydrogens is 382 g/mol. The Labute approximate surface area is 166 Å². The highest BCUT2D eigenvalue weighted by Crippen LogP contribution is 2.28. The number of carbonyl (C=O) groups excluding carboxylic acids is 1. The van der Waals surface area contributed by atoms with E-state index in [-0.39, 0.29) is 24.3 Å². The second-order valence-electron chi connectivity index (χ2n) is 7.09. The molecule has 8 heteroatoms. The summed E-state index contributed by atoms with van der Waals surface area (Å²) < 4.78 is 7.12. The smallest absolute Gasteiger partial charge is 0.371 e. The zero-order valence-electron chi connectivity index (χ0n) is 15.4. The van der Waals surface area contributed by atoms with Gasteiger partial charge in [-0.05, 0) is 54.8 Å². The van der Waals surface area contributed by atoms with Crippen LogP contribution < -0.4 is 0 Å². The minimum absolute atomic E-state index is 0.108. The zero-order valence-corrected chi connectivity index (χ0v) is 16.1. The van der Waals surface area contributed by atoms with Crippen molar-refractivity contribution in [2.45, 2.75) is 38.3 Å². The molecule has 1 N–H and O–H groups in total. The van der Waals surface area contributed by atoms with Crippen molar-refractivity contribution in [3.63, 3.8) is 0 Å². The second kappa shape index (κ2) is 7.31. The summed E-state index contributed by atoms with van der Waals surface area (Å²) in [6.07, 6.45) is 4.00. The molecule has 1 aromatic carbocycles. The summed E-state index contributed by atoms with van der Waals surface area (Å²) in [5.74, 6) is -0.898. The zero-order chi connectivity index (χ0) is 19.8. The number of carbonyl (C=O) groups is 2. The number of benzene rings is 1. The summed E-state index contributed by atoms with van der Waals surface area (Å²) in [4.78, 5) is 30.5. The molecule has 1 aliphatic carbocycles. The van der Waals surface area contributed by atoms with Gasteiger partial charge in [0.1, 0.15) is 5.76 Å². The Bertz CT molecular complexity index is 1050. The monoisotopic (exact) mass is 401 g/mol. The van der Waals surface area contributed by atoms with E-state index in [1.165, 1.54) is 6.07 Å². The van der Waals surface area contributed by atoms with Crippen LogP contribution in [0.1, 0.15) is 52.4 Å². The molecule has 28 heavy (non-hydrogen) atoms. The van der Waals surface area contributed by atoms with Gasteiger partial charge in [-0.2, -0.15) is 0 Å². The quantitative estimate of drug-likeness (QED) is 0.695. The van der Waals surface area contributed by atoms with E-state index < -0.39 is 5.97 Å². The van der Waals surface area contributed by atoms with Gasteiger partial charge >= 0.3 is 5.97 Å². The number of aromatic carboxylic acids is 1. The molecule has 2 heterocycles. The maximum absolute atomic E-state index is 13.3. The van der Waals surface area contributed by atoms with Crippen LogP contribution in [0.2, 0.25) is 5.28 Å². The molecule has 0 atom stereocenters. The molecular formula is C20H20ClN3O4. The summed E-state index contributed by atoms with van der Waals surface area (Å²) in [7, 11) is 1.80. The van der Waals surface area contributed by atoms with Crippen molar-refractivity contribution in [2.24, 2.45) is 7.05 Å². The SMILES string of the molecule is Cn1c(Cl)nc2ccc(C(=O)N(Cc3ccc(C(=O)O)o3)C3CCCC3)cc21. The second-order valence-corrected chi connectivity index (χ2v) is 7.42. The van der Waals surface area contributed by atoms with Gasteiger partial charge < -0.3 is 19.0 Å². The van der Waals surface area contributed by atoms with Crippen LogP contribution in [0.3, 0.4) is 0 Å². The number of rotatable bonds is 5. The maximum Gasteiger partial charge on any atom is 0.371 e. The number of carboxylic acids is 1. The number of hydrogen-bond donors (Lipinski definition) is 1. The van der Waals surface area contributed by atoms with Crippen molar-refractivity contribution in [1.82, 2.24) is 14.5 Å². The molecule has 1 aliphatic rings. The van der Waals surface area contributed by atoms with Crippen molar-refractivity contribution in [2.75, 3.05) is 0 Å². The lowest BCUT2D eigenvalue weighted by atomic mass is 10.1. The van der Waals surface area contributed by atoms with Gasteiger partial charge in [0.25, 0.3) is 5.91 Å². The van der Waals surface area contributed by atoms with E-state index in [1.54, 1.807) is 40.8 Å². The van der Waals surface area contributed by atoms with E-state index >= 15 is 0 Å². The van der Waals surface area contributed by atoms with Crippen LogP contribution in [0, 0.1) is 0 Å². The number of fused-ring (bicyclic) bond motifs is 1. The first kappa shape index (κ1) is 18.6.